The third-order valence-electron chi connectivity index (χ3n) is 3.98. The molecule has 0 amide bonds. The van der Waals surface area contributed by atoms with Crippen LogP contribution in [0.5, 0.6) is 11.5 Å². The molecule has 142 valence electrons. The van der Waals surface area contributed by atoms with E-state index in [4.69, 9.17) is 21.1 Å². The number of anilines is 1. The number of aryl methyl sites for hydroxylation is 2. The minimum atomic E-state index is 0.443. The minimum absolute atomic E-state index is 0.443. The molecular formula is C19H22ClN5O2. The van der Waals surface area contributed by atoms with Gasteiger partial charge in [-0.1, -0.05) is 46.5 Å². The molecular weight excluding hydrogens is 366 g/mol. The van der Waals surface area contributed by atoms with E-state index in [-0.39, 0.29) is 0 Å². The van der Waals surface area contributed by atoms with Gasteiger partial charge in [0, 0.05) is 24.7 Å². The van der Waals surface area contributed by atoms with Crippen LogP contribution in [0.25, 0.3) is 0 Å². The highest BCUT2D eigenvalue weighted by Gasteiger charge is 2.12. The Labute approximate surface area is 163 Å². The van der Waals surface area contributed by atoms with Crippen molar-refractivity contribution >= 4 is 17.5 Å². The molecule has 7 nitrogen and oxygen atoms in total. The maximum atomic E-state index is 6.45. The van der Waals surface area contributed by atoms with Gasteiger partial charge < -0.3 is 14.8 Å². The molecule has 0 saturated carbocycles. The number of nitrogens with zero attached hydrogens (tertiary/aromatic N) is 4. The Morgan fingerprint density at radius 3 is 2.52 bits per heavy atom. The van der Waals surface area contributed by atoms with E-state index in [9.17, 15) is 0 Å². The number of aromatic nitrogens is 4. The second-order valence-electron chi connectivity index (χ2n) is 6.08. The van der Waals surface area contributed by atoms with Crippen molar-refractivity contribution in [3.05, 3.63) is 58.1 Å². The zero-order valence-corrected chi connectivity index (χ0v) is 16.3. The number of halogens is 1. The summed E-state index contributed by atoms with van der Waals surface area (Å²) < 4.78 is 13.3. The largest absolute Gasteiger partial charge is 0.490 e. The summed E-state index contributed by atoms with van der Waals surface area (Å²) in [5, 5.41) is 15.0. The van der Waals surface area contributed by atoms with Crippen LogP contribution in [-0.2, 0) is 20.2 Å². The molecule has 0 bridgehead atoms. The molecule has 0 radical (unpaired) electrons. The summed E-state index contributed by atoms with van der Waals surface area (Å²) in [5.41, 5.74) is 3.16. The number of benzene rings is 2. The van der Waals surface area contributed by atoms with E-state index in [1.54, 1.807) is 17.8 Å². The molecule has 0 aliphatic heterocycles. The van der Waals surface area contributed by atoms with Crippen LogP contribution in [0, 0.1) is 6.92 Å². The zero-order chi connectivity index (χ0) is 19.2. The topological polar surface area (TPSA) is 74.1 Å². The van der Waals surface area contributed by atoms with E-state index in [0.29, 0.717) is 42.2 Å². The van der Waals surface area contributed by atoms with Crippen LogP contribution in [0.1, 0.15) is 23.6 Å². The van der Waals surface area contributed by atoms with Crippen molar-refractivity contribution in [2.75, 3.05) is 11.9 Å². The fourth-order valence-electron chi connectivity index (χ4n) is 2.49. The van der Waals surface area contributed by atoms with E-state index in [1.165, 1.54) is 5.56 Å². The fourth-order valence-corrected chi connectivity index (χ4v) is 2.71. The second kappa shape index (κ2) is 8.73. The van der Waals surface area contributed by atoms with E-state index in [2.05, 4.69) is 39.9 Å². The highest BCUT2D eigenvalue weighted by molar-refractivity contribution is 6.31. The van der Waals surface area contributed by atoms with E-state index < -0.39 is 0 Å². The maximum absolute atomic E-state index is 6.45. The van der Waals surface area contributed by atoms with Crippen molar-refractivity contribution in [1.82, 2.24) is 20.2 Å². The molecule has 27 heavy (non-hydrogen) atoms. The Kier molecular flexibility index (Phi) is 6.13. The summed E-state index contributed by atoms with van der Waals surface area (Å²) in [6, 6.07) is 11.9. The van der Waals surface area contributed by atoms with Crippen LogP contribution >= 0.6 is 11.6 Å². The Morgan fingerprint density at radius 1 is 1.11 bits per heavy atom. The smallest absolute Gasteiger partial charge is 0.242 e. The third kappa shape index (κ3) is 4.89. The molecule has 3 aromatic rings. The summed E-state index contributed by atoms with van der Waals surface area (Å²) in [6.45, 7) is 5.43. The van der Waals surface area contributed by atoms with Gasteiger partial charge in [-0.25, -0.2) is 4.68 Å². The van der Waals surface area contributed by atoms with Crippen molar-refractivity contribution in [3.8, 4) is 11.5 Å². The van der Waals surface area contributed by atoms with Gasteiger partial charge >= 0.3 is 0 Å². The van der Waals surface area contributed by atoms with Crippen molar-refractivity contribution in [2.45, 2.75) is 27.0 Å². The molecule has 3 rings (SSSR count). The molecule has 0 spiro atoms. The van der Waals surface area contributed by atoms with Crippen molar-refractivity contribution in [1.29, 1.82) is 0 Å². The number of ether oxygens (including phenoxy) is 2. The van der Waals surface area contributed by atoms with Crippen molar-refractivity contribution in [3.63, 3.8) is 0 Å². The molecule has 0 atom stereocenters. The Hall–Kier alpha value is -2.80. The number of hydrogen-bond acceptors (Lipinski definition) is 6. The van der Waals surface area contributed by atoms with Crippen LogP contribution in [0.2, 0.25) is 5.02 Å². The first kappa shape index (κ1) is 19.0. The lowest BCUT2D eigenvalue weighted by molar-refractivity contribution is 0.269. The van der Waals surface area contributed by atoms with E-state index in [0.717, 1.165) is 11.1 Å². The van der Waals surface area contributed by atoms with E-state index in [1.807, 2.05) is 25.1 Å². The van der Waals surface area contributed by atoms with Crippen molar-refractivity contribution < 1.29 is 9.47 Å². The Bertz CT molecular complexity index is 896. The molecule has 2 aromatic carbocycles. The summed E-state index contributed by atoms with van der Waals surface area (Å²) in [6.07, 6.45) is 0. The van der Waals surface area contributed by atoms with E-state index >= 15 is 0 Å². The predicted octanol–water partition coefficient (Wildman–Crippen LogP) is 3.76. The molecule has 1 aromatic heterocycles. The van der Waals surface area contributed by atoms with Gasteiger partial charge in [0.05, 0.1) is 6.61 Å². The highest BCUT2D eigenvalue weighted by atomic mass is 35.5. The number of tetrazole rings is 1. The summed E-state index contributed by atoms with van der Waals surface area (Å²) >= 11 is 6.45. The van der Waals surface area contributed by atoms with Crippen LogP contribution in [0.3, 0.4) is 0 Å². The van der Waals surface area contributed by atoms with Gasteiger partial charge in [0.1, 0.15) is 6.61 Å². The highest BCUT2D eigenvalue weighted by Crippen LogP contribution is 2.34. The van der Waals surface area contributed by atoms with Crippen LogP contribution in [0.4, 0.5) is 5.95 Å². The first-order valence-corrected chi connectivity index (χ1v) is 9.04. The zero-order valence-electron chi connectivity index (χ0n) is 15.6. The molecule has 0 aliphatic carbocycles. The third-order valence-corrected chi connectivity index (χ3v) is 4.34. The fraction of sp³-hybridized carbons (Fsp3) is 0.316. The lowest BCUT2D eigenvalue weighted by atomic mass is 10.1. The molecule has 0 fully saturated rings. The van der Waals surface area contributed by atoms with Gasteiger partial charge in [-0.05, 0) is 41.5 Å². The summed E-state index contributed by atoms with van der Waals surface area (Å²) in [4.78, 5) is 0. The van der Waals surface area contributed by atoms with Gasteiger partial charge in [0.15, 0.2) is 11.5 Å². The van der Waals surface area contributed by atoms with Crippen LogP contribution in [-0.4, -0.2) is 26.8 Å². The van der Waals surface area contributed by atoms with Gasteiger partial charge in [-0.15, -0.1) is 0 Å². The molecule has 8 heteroatoms. The average molecular weight is 388 g/mol. The van der Waals surface area contributed by atoms with Gasteiger partial charge in [-0.2, -0.15) is 0 Å². The molecule has 1 N–H and O–H groups in total. The van der Waals surface area contributed by atoms with Gasteiger partial charge in [0.25, 0.3) is 0 Å². The quantitative estimate of drug-likeness (QED) is 0.634. The average Bonchev–Trinajstić information content (AvgIpc) is 3.07. The van der Waals surface area contributed by atoms with Gasteiger partial charge in [0.2, 0.25) is 5.95 Å². The first-order chi connectivity index (χ1) is 13.1. The van der Waals surface area contributed by atoms with Crippen molar-refractivity contribution in [2.24, 2.45) is 7.05 Å². The standard InChI is InChI=1S/C19H22ClN5O2/c1-4-26-17-9-15(11-21-19-22-23-24-25(19)3)16(20)10-18(17)27-12-14-7-5-13(2)6-8-14/h5-10H,4,11-12H2,1-3H3,(H,21,22,24). The maximum Gasteiger partial charge on any atom is 0.242 e. The van der Waals surface area contributed by atoms with Crippen LogP contribution in [0.15, 0.2) is 36.4 Å². The second-order valence-corrected chi connectivity index (χ2v) is 6.48. The lowest BCUT2D eigenvalue weighted by Gasteiger charge is -2.15. The van der Waals surface area contributed by atoms with Crippen LogP contribution < -0.4 is 14.8 Å². The SMILES string of the molecule is CCOc1cc(CNc2nnnn2C)c(Cl)cc1OCc1ccc(C)cc1. The summed E-state index contributed by atoms with van der Waals surface area (Å²) in [5.74, 6) is 1.83. The molecule has 0 unspecified atom stereocenters. The van der Waals surface area contributed by atoms with Gasteiger partial charge in [-0.3, -0.25) is 0 Å². The summed E-state index contributed by atoms with van der Waals surface area (Å²) in [7, 11) is 1.76. The minimum Gasteiger partial charge on any atom is -0.490 e. The number of rotatable bonds is 8. The normalized spacial score (nSPS) is 10.7. The molecule has 0 aliphatic rings. The number of hydrogen-bond donors (Lipinski definition) is 1. The number of nitrogens with one attached hydrogen (secondary N) is 1. The lowest BCUT2D eigenvalue weighted by Crippen LogP contribution is -2.07. The molecule has 0 saturated heterocycles. The predicted molar refractivity (Wildman–Crippen MR) is 104 cm³/mol. The first-order valence-electron chi connectivity index (χ1n) is 8.66. The Morgan fingerprint density at radius 2 is 1.85 bits per heavy atom. The Balaban J connectivity index is 1.74. The monoisotopic (exact) mass is 387 g/mol. The molecule has 1 heterocycles.